The molecule has 0 spiro atoms. The van der Waals surface area contributed by atoms with Crippen LogP contribution in [-0.2, 0) is 12.8 Å². The van der Waals surface area contributed by atoms with Crippen LogP contribution in [0.2, 0.25) is 0 Å². The quantitative estimate of drug-likeness (QED) is 0.701. The van der Waals surface area contributed by atoms with Crippen LogP contribution in [0.3, 0.4) is 0 Å². The lowest BCUT2D eigenvalue weighted by molar-refractivity contribution is -0.141. The molecule has 2 nitrogen and oxygen atoms in total. The first kappa shape index (κ1) is 8.99. The predicted molar refractivity (Wildman–Crippen MR) is 34.0 cm³/mol. The van der Waals surface area contributed by atoms with Crippen LogP contribution in [0, 0.1) is 6.20 Å². The van der Waals surface area contributed by atoms with Crippen LogP contribution in [0.5, 0.6) is 0 Å². The van der Waals surface area contributed by atoms with Crippen molar-refractivity contribution in [3.8, 4) is 0 Å². The Morgan fingerprint density at radius 1 is 1.50 bits per heavy atom. The molecule has 0 aliphatic carbocycles. The molecule has 1 heterocycles. The van der Waals surface area contributed by atoms with E-state index in [-0.39, 0.29) is 5.56 Å². The van der Waals surface area contributed by atoms with Crippen molar-refractivity contribution in [2.75, 3.05) is 0 Å². The van der Waals surface area contributed by atoms with Crippen molar-refractivity contribution < 1.29 is 18.3 Å². The van der Waals surface area contributed by atoms with Gasteiger partial charge in [-0.05, 0) is 17.7 Å². The molecule has 0 aliphatic rings. The second-order valence-electron chi connectivity index (χ2n) is 2.15. The highest BCUT2D eigenvalue weighted by molar-refractivity contribution is 5.16. The molecule has 1 aromatic heterocycles. The predicted octanol–water partition coefficient (Wildman–Crippen LogP) is 1.39. The van der Waals surface area contributed by atoms with E-state index < -0.39 is 18.5 Å². The molecule has 12 heavy (non-hydrogen) atoms. The standard InChI is InChI=1S/C7H5F3NO/c8-7(9,10)6-3-5(4-12)1-2-11-6/h1,3,12H,4H2. The maximum Gasteiger partial charge on any atom is 0.433 e. The van der Waals surface area contributed by atoms with E-state index in [1.54, 1.807) is 0 Å². The molecule has 1 rings (SSSR count). The van der Waals surface area contributed by atoms with E-state index >= 15 is 0 Å². The molecule has 5 heteroatoms. The molecule has 1 aromatic rings. The smallest absolute Gasteiger partial charge is 0.392 e. The number of aliphatic hydroxyl groups excluding tert-OH is 1. The number of nitrogens with zero attached hydrogens (tertiary/aromatic N) is 1. The summed E-state index contributed by atoms with van der Waals surface area (Å²) < 4.78 is 35.8. The van der Waals surface area contributed by atoms with Crippen molar-refractivity contribution in [1.82, 2.24) is 4.98 Å². The average molecular weight is 176 g/mol. The molecule has 0 saturated heterocycles. The van der Waals surface area contributed by atoms with Crippen molar-refractivity contribution in [1.29, 1.82) is 0 Å². The Morgan fingerprint density at radius 3 is 2.67 bits per heavy atom. The lowest BCUT2D eigenvalue weighted by Crippen LogP contribution is -2.08. The van der Waals surface area contributed by atoms with Gasteiger partial charge >= 0.3 is 6.18 Å². The second kappa shape index (κ2) is 3.10. The van der Waals surface area contributed by atoms with Crippen LogP contribution in [0.15, 0.2) is 12.1 Å². The van der Waals surface area contributed by atoms with Crippen molar-refractivity contribution in [2.45, 2.75) is 12.8 Å². The molecule has 0 amide bonds. The van der Waals surface area contributed by atoms with E-state index in [1.807, 2.05) is 0 Å². The van der Waals surface area contributed by atoms with Gasteiger partial charge in [0.1, 0.15) is 5.69 Å². The Bertz CT molecular complexity index is 272. The number of aromatic nitrogens is 1. The van der Waals surface area contributed by atoms with Gasteiger partial charge in [0.25, 0.3) is 0 Å². The van der Waals surface area contributed by atoms with Crippen molar-refractivity contribution in [3.63, 3.8) is 0 Å². The molecule has 1 radical (unpaired) electrons. The summed E-state index contributed by atoms with van der Waals surface area (Å²) in [6, 6.07) is 1.99. The first-order valence-electron chi connectivity index (χ1n) is 3.09. The third-order valence-corrected chi connectivity index (χ3v) is 1.23. The number of hydrogen-bond donors (Lipinski definition) is 1. The SMILES string of the molecule is OCc1c[c]nc(C(F)(F)F)c1. The fourth-order valence-electron chi connectivity index (χ4n) is 0.671. The van der Waals surface area contributed by atoms with E-state index in [9.17, 15) is 13.2 Å². The first-order valence-corrected chi connectivity index (χ1v) is 3.09. The summed E-state index contributed by atoms with van der Waals surface area (Å²) >= 11 is 0. The molecular weight excluding hydrogens is 171 g/mol. The Labute approximate surface area is 66.7 Å². The van der Waals surface area contributed by atoms with Gasteiger partial charge < -0.3 is 5.11 Å². The van der Waals surface area contributed by atoms with Crippen LogP contribution in [-0.4, -0.2) is 10.1 Å². The van der Waals surface area contributed by atoms with Gasteiger partial charge in [-0.15, -0.1) is 0 Å². The molecule has 0 aliphatic heterocycles. The normalized spacial score (nSPS) is 11.7. The average Bonchev–Trinajstić information content (AvgIpc) is 2.03. The number of rotatable bonds is 1. The largest absolute Gasteiger partial charge is 0.433 e. The van der Waals surface area contributed by atoms with Gasteiger partial charge in [-0.3, -0.25) is 0 Å². The summed E-state index contributed by atoms with van der Waals surface area (Å²) in [5.74, 6) is 0. The summed E-state index contributed by atoms with van der Waals surface area (Å²) in [6.07, 6.45) is -2.41. The lowest BCUT2D eigenvalue weighted by Gasteiger charge is -2.05. The fourth-order valence-corrected chi connectivity index (χ4v) is 0.671. The zero-order chi connectivity index (χ0) is 9.19. The monoisotopic (exact) mass is 176 g/mol. The lowest BCUT2D eigenvalue weighted by atomic mass is 10.2. The van der Waals surface area contributed by atoms with Crippen LogP contribution in [0.1, 0.15) is 11.3 Å². The molecule has 0 unspecified atom stereocenters. The van der Waals surface area contributed by atoms with E-state index in [2.05, 4.69) is 11.2 Å². The number of pyridine rings is 1. The number of alkyl halides is 3. The van der Waals surface area contributed by atoms with Gasteiger partial charge in [0, 0.05) is 0 Å². The minimum absolute atomic E-state index is 0.150. The zero-order valence-electron chi connectivity index (χ0n) is 5.89. The topological polar surface area (TPSA) is 33.1 Å². The van der Waals surface area contributed by atoms with Crippen molar-refractivity contribution in [2.24, 2.45) is 0 Å². The zero-order valence-corrected chi connectivity index (χ0v) is 5.89. The van der Waals surface area contributed by atoms with Crippen LogP contribution < -0.4 is 0 Å². The van der Waals surface area contributed by atoms with E-state index in [0.717, 1.165) is 6.07 Å². The second-order valence-corrected chi connectivity index (χ2v) is 2.15. The van der Waals surface area contributed by atoms with Gasteiger partial charge in [0.15, 0.2) is 0 Å². The summed E-state index contributed by atoms with van der Waals surface area (Å²) in [6.45, 7) is -0.442. The highest BCUT2D eigenvalue weighted by atomic mass is 19.4. The molecule has 0 saturated carbocycles. The van der Waals surface area contributed by atoms with Gasteiger partial charge in [-0.1, -0.05) is 0 Å². The fraction of sp³-hybridized carbons (Fsp3) is 0.286. The molecule has 0 bridgehead atoms. The summed E-state index contributed by atoms with van der Waals surface area (Å²) in [5, 5.41) is 8.51. The van der Waals surface area contributed by atoms with Gasteiger partial charge in [-0.25, -0.2) is 4.98 Å². The summed E-state index contributed by atoms with van der Waals surface area (Å²) in [5.41, 5.74) is -0.883. The Balaban J connectivity index is 3.02. The van der Waals surface area contributed by atoms with Crippen molar-refractivity contribution in [3.05, 3.63) is 29.6 Å². The van der Waals surface area contributed by atoms with E-state index in [0.29, 0.717) is 0 Å². The Kier molecular flexibility index (Phi) is 2.32. The van der Waals surface area contributed by atoms with Gasteiger partial charge in [0.05, 0.1) is 12.8 Å². The van der Waals surface area contributed by atoms with Crippen LogP contribution in [0.4, 0.5) is 13.2 Å². The Hall–Kier alpha value is -1.10. The third-order valence-electron chi connectivity index (χ3n) is 1.23. The first-order chi connectivity index (χ1) is 5.54. The number of aliphatic hydroxyl groups is 1. The summed E-state index contributed by atoms with van der Waals surface area (Å²) in [4.78, 5) is 3.00. The maximum atomic E-state index is 11.9. The van der Waals surface area contributed by atoms with Gasteiger partial charge in [0.2, 0.25) is 0 Å². The molecular formula is C7H5F3NO. The minimum Gasteiger partial charge on any atom is -0.392 e. The van der Waals surface area contributed by atoms with Gasteiger partial charge in [-0.2, -0.15) is 13.2 Å². The molecule has 1 N–H and O–H groups in total. The molecule has 0 aromatic carbocycles. The van der Waals surface area contributed by atoms with Crippen molar-refractivity contribution >= 4 is 0 Å². The molecule has 0 fully saturated rings. The number of hydrogen-bond acceptors (Lipinski definition) is 2. The van der Waals surface area contributed by atoms with Crippen LogP contribution in [0.25, 0.3) is 0 Å². The summed E-state index contributed by atoms with van der Waals surface area (Å²) in [7, 11) is 0. The van der Waals surface area contributed by atoms with E-state index in [4.69, 9.17) is 5.11 Å². The Morgan fingerprint density at radius 2 is 2.17 bits per heavy atom. The minimum atomic E-state index is -4.47. The number of halogens is 3. The van der Waals surface area contributed by atoms with E-state index in [1.165, 1.54) is 6.07 Å². The third kappa shape index (κ3) is 1.94. The highest BCUT2D eigenvalue weighted by Crippen LogP contribution is 2.27. The highest BCUT2D eigenvalue weighted by Gasteiger charge is 2.32. The molecule has 0 atom stereocenters. The van der Waals surface area contributed by atoms with Crippen LogP contribution >= 0.6 is 0 Å². The maximum absolute atomic E-state index is 11.9. The molecule has 65 valence electrons.